The molecule has 0 amide bonds. The Balaban J connectivity index is 2.47. The smallest absolute Gasteiger partial charge is 0.188 e. The molecule has 0 heterocycles. The van der Waals surface area contributed by atoms with Gasteiger partial charge in [0.2, 0.25) is 0 Å². The van der Waals surface area contributed by atoms with E-state index in [0.29, 0.717) is 25.9 Å². The van der Waals surface area contributed by atoms with Crippen molar-refractivity contribution in [1.29, 1.82) is 0 Å². The van der Waals surface area contributed by atoms with Gasteiger partial charge in [-0.25, -0.2) is 8.78 Å². The molecule has 20 heavy (non-hydrogen) atoms. The Hall–Kier alpha value is -1.29. The molecule has 0 N–H and O–H groups in total. The number of halogens is 2. The van der Waals surface area contributed by atoms with Gasteiger partial charge >= 0.3 is 0 Å². The van der Waals surface area contributed by atoms with Crippen molar-refractivity contribution in [3.63, 3.8) is 0 Å². The number of nitrogens with zero attached hydrogens (tertiary/aromatic N) is 1. The summed E-state index contributed by atoms with van der Waals surface area (Å²) in [5, 5.41) is 0. The van der Waals surface area contributed by atoms with Crippen LogP contribution in [0.1, 0.15) is 49.9 Å². The molecule has 0 saturated heterocycles. The number of Topliss-reactive ketones (excluding diaryl/α,β-unsaturated/α-hetero) is 1. The van der Waals surface area contributed by atoms with Crippen LogP contribution in [0.5, 0.6) is 0 Å². The van der Waals surface area contributed by atoms with Crippen LogP contribution in [0.4, 0.5) is 8.78 Å². The summed E-state index contributed by atoms with van der Waals surface area (Å²) in [6.07, 6.45) is 3.22. The van der Waals surface area contributed by atoms with Gasteiger partial charge in [0.15, 0.2) is 5.78 Å². The largest absolute Gasteiger partial charge is 0.292 e. The first kappa shape index (κ1) is 15.1. The molecule has 1 saturated carbocycles. The summed E-state index contributed by atoms with van der Waals surface area (Å²) in [4.78, 5) is 14.9. The van der Waals surface area contributed by atoms with Crippen LogP contribution in [0.3, 0.4) is 0 Å². The van der Waals surface area contributed by atoms with Gasteiger partial charge in [-0.1, -0.05) is 32.8 Å². The molecule has 1 aromatic rings. The number of carbonyl (C=O) groups excluding carboxylic acids is 1. The van der Waals surface area contributed by atoms with E-state index in [2.05, 4.69) is 0 Å². The van der Waals surface area contributed by atoms with E-state index in [1.165, 1.54) is 6.07 Å². The highest BCUT2D eigenvalue weighted by Gasteiger charge is 2.46. The lowest BCUT2D eigenvalue weighted by Crippen LogP contribution is -2.53. The van der Waals surface area contributed by atoms with Crippen molar-refractivity contribution in [2.75, 3.05) is 13.1 Å². The molecule has 2 nitrogen and oxygen atoms in total. The molecule has 110 valence electrons. The van der Waals surface area contributed by atoms with E-state index < -0.39 is 23.0 Å². The molecule has 4 heteroatoms. The summed E-state index contributed by atoms with van der Waals surface area (Å²) in [6.45, 7) is 5.37. The molecule has 0 aliphatic heterocycles. The fourth-order valence-electron chi connectivity index (χ4n) is 3.42. The SMILES string of the molecule is CCN(CC)C1(C(=O)c2c(F)cccc2F)CCCC1. The molecule has 0 unspecified atom stereocenters. The summed E-state index contributed by atoms with van der Waals surface area (Å²) in [5.41, 5.74) is -1.10. The lowest BCUT2D eigenvalue weighted by molar-refractivity contribution is 0.0575. The van der Waals surface area contributed by atoms with Crippen LogP contribution in [0, 0.1) is 11.6 Å². The standard InChI is InChI=1S/C16H21F2NO/c1-3-19(4-2)16(10-5-6-11-16)15(20)14-12(17)8-7-9-13(14)18/h7-9H,3-6,10-11H2,1-2H3. The third-order valence-electron chi connectivity index (χ3n) is 4.41. The zero-order valence-electron chi connectivity index (χ0n) is 12.1. The third-order valence-corrected chi connectivity index (χ3v) is 4.41. The predicted octanol–water partition coefficient (Wildman–Crippen LogP) is 3.80. The highest BCUT2D eigenvalue weighted by molar-refractivity contribution is 6.03. The first-order valence-electron chi connectivity index (χ1n) is 7.30. The van der Waals surface area contributed by atoms with Crippen molar-refractivity contribution >= 4 is 5.78 Å². The third kappa shape index (κ3) is 2.37. The second-order valence-electron chi connectivity index (χ2n) is 5.34. The number of benzene rings is 1. The van der Waals surface area contributed by atoms with Gasteiger partial charge in [-0.3, -0.25) is 9.69 Å². The van der Waals surface area contributed by atoms with Crippen molar-refractivity contribution in [2.45, 2.75) is 45.1 Å². The van der Waals surface area contributed by atoms with Gasteiger partial charge in [0.1, 0.15) is 11.6 Å². The predicted molar refractivity (Wildman–Crippen MR) is 74.8 cm³/mol. The van der Waals surface area contributed by atoms with Gasteiger partial charge in [-0.05, 0) is 38.1 Å². The summed E-state index contributed by atoms with van der Waals surface area (Å²) in [6, 6.07) is 3.60. The van der Waals surface area contributed by atoms with Crippen molar-refractivity contribution in [1.82, 2.24) is 4.90 Å². The van der Waals surface area contributed by atoms with E-state index in [0.717, 1.165) is 25.0 Å². The van der Waals surface area contributed by atoms with Crippen LogP contribution < -0.4 is 0 Å². The molecule has 0 bridgehead atoms. The Kier molecular flexibility index (Phi) is 4.53. The topological polar surface area (TPSA) is 20.3 Å². The minimum Gasteiger partial charge on any atom is -0.292 e. The van der Waals surface area contributed by atoms with E-state index in [1.807, 2.05) is 18.7 Å². The molecular weight excluding hydrogens is 260 g/mol. The summed E-state index contributed by atoms with van der Waals surface area (Å²) < 4.78 is 27.8. The second-order valence-corrected chi connectivity index (χ2v) is 5.34. The Bertz CT molecular complexity index is 471. The molecule has 0 radical (unpaired) electrons. The first-order valence-corrected chi connectivity index (χ1v) is 7.30. The molecule has 0 spiro atoms. The maximum atomic E-state index is 13.9. The van der Waals surface area contributed by atoms with Crippen LogP contribution in [0.2, 0.25) is 0 Å². The van der Waals surface area contributed by atoms with E-state index in [9.17, 15) is 13.6 Å². The number of ketones is 1. The van der Waals surface area contributed by atoms with Gasteiger partial charge in [-0.15, -0.1) is 0 Å². The zero-order chi connectivity index (χ0) is 14.8. The molecular formula is C16H21F2NO. The van der Waals surface area contributed by atoms with E-state index >= 15 is 0 Å². The van der Waals surface area contributed by atoms with Crippen LogP contribution >= 0.6 is 0 Å². The summed E-state index contributed by atoms with van der Waals surface area (Å²) >= 11 is 0. The fraction of sp³-hybridized carbons (Fsp3) is 0.562. The lowest BCUT2D eigenvalue weighted by atomic mass is 9.85. The van der Waals surface area contributed by atoms with E-state index in [-0.39, 0.29) is 5.56 Å². The van der Waals surface area contributed by atoms with Crippen molar-refractivity contribution in [2.24, 2.45) is 0 Å². The Morgan fingerprint density at radius 3 is 2.10 bits per heavy atom. The molecule has 1 fully saturated rings. The highest BCUT2D eigenvalue weighted by atomic mass is 19.1. The van der Waals surface area contributed by atoms with Crippen molar-refractivity contribution in [3.8, 4) is 0 Å². The Morgan fingerprint density at radius 1 is 1.15 bits per heavy atom. The summed E-state index contributed by atoms with van der Waals surface area (Å²) in [7, 11) is 0. The quantitative estimate of drug-likeness (QED) is 0.765. The lowest BCUT2D eigenvalue weighted by Gasteiger charge is -2.39. The summed E-state index contributed by atoms with van der Waals surface area (Å²) in [5.74, 6) is -1.91. The highest BCUT2D eigenvalue weighted by Crippen LogP contribution is 2.38. The normalized spacial score (nSPS) is 17.6. The Morgan fingerprint density at radius 2 is 1.65 bits per heavy atom. The molecule has 1 aliphatic rings. The van der Waals surface area contributed by atoms with Gasteiger partial charge in [-0.2, -0.15) is 0 Å². The number of likely N-dealkylation sites (N-methyl/N-ethyl adjacent to an activating group) is 1. The van der Waals surface area contributed by atoms with Crippen molar-refractivity contribution < 1.29 is 13.6 Å². The molecule has 0 atom stereocenters. The first-order chi connectivity index (χ1) is 9.56. The van der Waals surface area contributed by atoms with Crippen LogP contribution in [0.25, 0.3) is 0 Å². The van der Waals surface area contributed by atoms with Gasteiger partial charge in [0.25, 0.3) is 0 Å². The number of hydrogen-bond donors (Lipinski definition) is 0. The van der Waals surface area contributed by atoms with Crippen LogP contribution in [-0.2, 0) is 0 Å². The van der Waals surface area contributed by atoms with E-state index in [1.54, 1.807) is 0 Å². The molecule has 0 aromatic heterocycles. The van der Waals surface area contributed by atoms with Gasteiger partial charge < -0.3 is 0 Å². The van der Waals surface area contributed by atoms with Crippen molar-refractivity contribution in [3.05, 3.63) is 35.4 Å². The zero-order valence-corrected chi connectivity index (χ0v) is 12.1. The number of carbonyl (C=O) groups is 1. The average molecular weight is 281 g/mol. The molecule has 1 aromatic carbocycles. The van der Waals surface area contributed by atoms with E-state index in [4.69, 9.17) is 0 Å². The second kappa shape index (κ2) is 6.00. The molecule has 2 rings (SSSR count). The molecule has 1 aliphatic carbocycles. The fourth-order valence-corrected chi connectivity index (χ4v) is 3.42. The van der Waals surface area contributed by atoms with Gasteiger partial charge in [0, 0.05) is 0 Å². The Labute approximate surface area is 118 Å². The van der Waals surface area contributed by atoms with Gasteiger partial charge in [0.05, 0.1) is 11.1 Å². The maximum absolute atomic E-state index is 13.9. The minimum absolute atomic E-state index is 0.374. The minimum atomic E-state index is -0.756. The van der Waals surface area contributed by atoms with Crippen LogP contribution in [0.15, 0.2) is 18.2 Å². The number of hydrogen-bond acceptors (Lipinski definition) is 2. The monoisotopic (exact) mass is 281 g/mol. The van der Waals surface area contributed by atoms with Crippen LogP contribution in [-0.4, -0.2) is 29.3 Å². The average Bonchev–Trinajstić information content (AvgIpc) is 2.90. The number of rotatable bonds is 5. The maximum Gasteiger partial charge on any atom is 0.188 e.